The Bertz CT molecular complexity index is 743. The molecular formula is C15H12Cl3F3N2O2. The van der Waals surface area contributed by atoms with E-state index in [1.165, 1.54) is 24.5 Å². The molecule has 0 spiro atoms. The second-order valence-corrected chi connectivity index (χ2v) is 7.47. The summed E-state index contributed by atoms with van der Waals surface area (Å²) in [7, 11) is 0. The average molecular weight is 416 g/mol. The Balaban J connectivity index is 2.27. The second kappa shape index (κ2) is 7.35. The first-order valence-corrected chi connectivity index (χ1v) is 7.97. The number of halogens is 6. The maximum atomic E-state index is 12.9. The van der Waals surface area contributed by atoms with E-state index in [-0.39, 0.29) is 11.4 Å². The molecule has 4 nitrogen and oxygen atoms in total. The fourth-order valence-electron chi connectivity index (χ4n) is 1.92. The molecule has 0 fully saturated rings. The van der Waals surface area contributed by atoms with Crippen LogP contribution in [-0.4, -0.2) is 15.9 Å². The van der Waals surface area contributed by atoms with Crippen molar-refractivity contribution < 1.29 is 22.4 Å². The molecule has 1 atom stereocenters. The number of alkyl halides is 6. The largest absolute Gasteiger partial charge is 0.459 e. The van der Waals surface area contributed by atoms with Crippen LogP contribution in [0.5, 0.6) is 0 Å². The molecule has 25 heavy (non-hydrogen) atoms. The van der Waals surface area contributed by atoms with Gasteiger partial charge in [-0.15, -0.1) is 0 Å². The SMILES string of the molecule is Cc1ccc(C(F)(F)F)cc1NC(NC(=O)c1ccco1)C(Cl)(Cl)Cl. The molecule has 2 rings (SSSR count). The molecule has 1 aromatic heterocycles. The van der Waals surface area contributed by atoms with Crippen molar-refractivity contribution in [2.45, 2.75) is 23.1 Å². The van der Waals surface area contributed by atoms with E-state index in [1.54, 1.807) is 6.92 Å². The van der Waals surface area contributed by atoms with Gasteiger partial charge in [0.1, 0.15) is 6.17 Å². The Morgan fingerprint density at radius 3 is 2.40 bits per heavy atom. The van der Waals surface area contributed by atoms with Crippen molar-refractivity contribution >= 4 is 46.4 Å². The number of furan rings is 1. The third-order valence-corrected chi connectivity index (χ3v) is 3.87. The van der Waals surface area contributed by atoms with E-state index in [2.05, 4.69) is 10.6 Å². The molecule has 0 radical (unpaired) electrons. The number of anilines is 1. The number of hydrogen-bond acceptors (Lipinski definition) is 3. The van der Waals surface area contributed by atoms with Gasteiger partial charge < -0.3 is 15.1 Å². The number of amides is 1. The van der Waals surface area contributed by atoms with Crippen LogP contribution in [0.4, 0.5) is 18.9 Å². The molecule has 1 amide bonds. The summed E-state index contributed by atoms with van der Waals surface area (Å²) in [5, 5.41) is 5.00. The lowest BCUT2D eigenvalue weighted by Gasteiger charge is -2.28. The van der Waals surface area contributed by atoms with Crippen LogP contribution in [0.25, 0.3) is 0 Å². The molecule has 2 N–H and O–H groups in total. The monoisotopic (exact) mass is 414 g/mol. The van der Waals surface area contributed by atoms with Crippen LogP contribution in [0.3, 0.4) is 0 Å². The minimum atomic E-state index is -4.53. The number of carbonyl (C=O) groups is 1. The third kappa shape index (κ3) is 5.20. The summed E-state index contributed by atoms with van der Waals surface area (Å²) in [5.74, 6) is -0.736. The Kier molecular flexibility index (Phi) is 5.81. The second-order valence-electron chi connectivity index (χ2n) is 5.10. The van der Waals surface area contributed by atoms with Gasteiger partial charge >= 0.3 is 6.18 Å². The molecule has 1 unspecified atom stereocenters. The summed E-state index contributed by atoms with van der Waals surface area (Å²) in [6.07, 6.45) is -4.56. The Labute approximate surface area is 156 Å². The molecule has 2 aromatic rings. The molecule has 10 heteroatoms. The number of benzene rings is 1. The average Bonchev–Trinajstić information content (AvgIpc) is 3.00. The highest BCUT2D eigenvalue weighted by atomic mass is 35.6. The minimum Gasteiger partial charge on any atom is -0.459 e. The zero-order chi connectivity index (χ0) is 18.8. The van der Waals surface area contributed by atoms with Crippen molar-refractivity contribution in [3.8, 4) is 0 Å². The molecular weight excluding hydrogens is 404 g/mol. The van der Waals surface area contributed by atoms with Crippen molar-refractivity contribution in [3.05, 3.63) is 53.5 Å². The van der Waals surface area contributed by atoms with Crippen LogP contribution in [0, 0.1) is 6.92 Å². The highest BCUT2D eigenvalue weighted by molar-refractivity contribution is 6.68. The summed E-state index contributed by atoms with van der Waals surface area (Å²) in [6, 6.07) is 5.96. The smallest absolute Gasteiger partial charge is 0.416 e. The van der Waals surface area contributed by atoms with Gasteiger partial charge in [-0.3, -0.25) is 4.79 Å². The van der Waals surface area contributed by atoms with Gasteiger partial charge in [0.05, 0.1) is 11.8 Å². The van der Waals surface area contributed by atoms with E-state index in [0.717, 1.165) is 12.1 Å². The number of hydrogen-bond donors (Lipinski definition) is 2. The zero-order valence-corrected chi connectivity index (χ0v) is 14.9. The molecule has 0 aliphatic heterocycles. The zero-order valence-electron chi connectivity index (χ0n) is 12.6. The summed E-state index contributed by atoms with van der Waals surface area (Å²) in [5.41, 5.74) is -0.341. The van der Waals surface area contributed by atoms with Crippen molar-refractivity contribution in [3.63, 3.8) is 0 Å². The van der Waals surface area contributed by atoms with E-state index in [4.69, 9.17) is 39.2 Å². The topological polar surface area (TPSA) is 54.3 Å². The predicted molar refractivity (Wildman–Crippen MR) is 90.1 cm³/mol. The fraction of sp³-hybridized carbons (Fsp3) is 0.267. The van der Waals surface area contributed by atoms with Gasteiger partial charge in [-0.2, -0.15) is 13.2 Å². The van der Waals surface area contributed by atoms with E-state index < -0.39 is 27.6 Å². The Morgan fingerprint density at radius 2 is 1.88 bits per heavy atom. The molecule has 0 aliphatic carbocycles. The van der Waals surface area contributed by atoms with Crippen LogP contribution in [0.1, 0.15) is 21.7 Å². The molecule has 1 heterocycles. The summed E-state index contributed by atoms with van der Waals surface area (Å²) >= 11 is 17.5. The Morgan fingerprint density at radius 1 is 1.20 bits per heavy atom. The van der Waals surface area contributed by atoms with Gasteiger partial charge in [-0.05, 0) is 36.8 Å². The summed E-state index contributed by atoms with van der Waals surface area (Å²) < 4.78 is 41.5. The maximum absolute atomic E-state index is 12.9. The molecule has 136 valence electrons. The van der Waals surface area contributed by atoms with Gasteiger partial charge in [0.25, 0.3) is 5.91 Å². The highest BCUT2D eigenvalue weighted by Crippen LogP contribution is 2.35. The molecule has 1 aromatic carbocycles. The summed E-state index contributed by atoms with van der Waals surface area (Å²) in [6.45, 7) is 1.58. The van der Waals surface area contributed by atoms with Gasteiger partial charge in [0.15, 0.2) is 5.76 Å². The number of carbonyl (C=O) groups excluding carboxylic acids is 1. The van der Waals surface area contributed by atoms with Crippen molar-refractivity contribution in [1.82, 2.24) is 5.32 Å². The van der Waals surface area contributed by atoms with Gasteiger partial charge in [-0.1, -0.05) is 40.9 Å². The quantitative estimate of drug-likeness (QED) is 0.537. The van der Waals surface area contributed by atoms with Crippen molar-refractivity contribution in [2.75, 3.05) is 5.32 Å². The van der Waals surface area contributed by atoms with Gasteiger partial charge in [0, 0.05) is 5.69 Å². The fourth-order valence-corrected chi connectivity index (χ4v) is 2.25. The number of aryl methyl sites for hydroxylation is 1. The summed E-state index contributed by atoms with van der Waals surface area (Å²) in [4.78, 5) is 12.1. The minimum absolute atomic E-state index is 0.0400. The highest BCUT2D eigenvalue weighted by Gasteiger charge is 2.36. The lowest BCUT2D eigenvalue weighted by Crippen LogP contribution is -2.49. The van der Waals surface area contributed by atoms with Gasteiger partial charge in [-0.25, -0.2) is 0 Å². The lowest BCUT2D eigenvalue weighted by molar-refractivity contribution is -0.137. The first kappa shape index (κ1) is 19.8. The van der Waals surface area contributed by atoms with E-state index >= 15 is 0 Å². The van der Waals surface area contributed by atoms with Crippen LogP contribution in [0.2, 0.25) is 0 Å². The first-order valence-electron chi connectivity index (χ1n) is 6.84. The normalized spacial score (nSPS) is 13.4. The Hall–Kier alpha value is -1.57. The predicted octanol–water partition coefficient (Wildman–Crippen LogP) is 5.15. The molecule has 0 aliphatic rings. The molecule has 0 bridgehead atoms. The number of rotatable bonds is 4. The van der Waals surface area contributed by atoms with Gasteiger partial charge in [0.2, 0.25) is 3.79 Å². The van der Waals surface area contributed by atoms with Crippen molar-refractivity contribution in [2.24, 2.45) is 0 Å². The van der Waals surface area contributed by atoms with E-state index in [9.17, 15) is 18.0 Å². The third-order valence-electron chi connectivity index (χ3n) is 3.21. The standard InChI is InChI=1S/C15H12Cl3F3N2O2/c1-8-4-5-9(15(19,20)21)7-10(8)22-13(14(16,17)18)23-12(24)11-3-2-6-25-11/h2-7,13,22H,1H3,(H,23,24). The van der Waals surface area contributed by atoms with E-state index in [0.29, 0.717) is 5.56 Å². The van der Waals surface area contributed by atoms with Crippen LogP contribution in [0.15, 0.2) is 41.0 Å². The van der Waals surface area contributed by atoms with Crippen LogP contribution >= 0.6 is 34.8 Å². The van der Waals surface area contributed by atoms with Crippen molar-refractivity contribution in [1.29, 1.82) is 0 Å². The van der Waals surface area contributed by atoms with Crippen LogP contribution in [-0.2, 0) is 6.18 Å². The van der Waals surface area contributed by atoms with Crippen LogP contribution < -0.4 is 10.6 Å². The molecule has 0 saturated heterocycles. The maximum Gasteiger partial charge on any atom is 0.416 e. The number of nitrogens with one attached hydrogen (secondary N) is 2. The molecule has 0 saturated carbocycles. The first-order chi connectivity index (χ1) is 11.5. The van der Waals surface area contributed by atoms with E-state index in [1.807, 2.05) is 0 Å². The lowest BCUT2D eigenvalue weighted by atomic mass is 10.1.